The van der Waals surface area contributed by atoms with E-state index in [4.69, 9.17) is 4.98 Å². The molecular weight excluding hydrogens is 426 g/mol. The van der Waals surface area contributed by atoms with Crippen molar-refractivity contribution in [1.29, 1.82) is 0 Å². The second-order valence-corrected chi connectivity index (χ2v) is 10.4. The van der Waals surface area contributed by atoms with Gasteiger partial charge in [-0.2, -0.15) is 0 Å². The van der Waals surface area contributed by atoms with Crippen molar-refractivity contribution in [3.8, 4) is 11.3 Å². The summed E-state index contributed by atoms with van der Waals surface area (Å²) in [6.07, 6.45) is 4.32. The Labute approximate surface area is 199 Å². The summed E-state index contributed by atoms with van der Waals surface area (Å²) < 4.78 is 0. The first-order chi connectivity index (χ1) is 15.7. The van der Waals surface area contributed by atoms with E-state index in [1.165, 1.54) is 11.1 Å². The predicted molar refractivity (Wildman–Crippen MR) is 137 cm³/mol. The number of thiazole rings is 1. The summed E-state index contributed by atoms with van der Waals surface area (Å²) in [6.45, 7) is 10.7. The van der Waals surface area contributed by atoms with E-state index < -0.39 is 0 Å². The molecule has 33 heavy (non-hydrogen) atoms. The number of carbonyl (C=O) groups is 1. The highest BCUT2D eigenvalue weighted by Gasteiger charge is 2.18. The molecule has 5 heteroatoms. The molecule has 168 valence electrons. The van der Waals surface area contributed by atoms with Crippen LogP contribution in [0.25, 0.3) is 11.3 Å². The zero-order chi connectivity index (χ0) is 23.6. The molecule has 0 aliphatic rings. The van der Waals surface area contributed by atoms with Crippen molar-refractivity contribution in [2.75, 3.05) is 5.32 Å². The Morgan fingerprint density at radius 1 is 1.03 bits per heavy atom. The van der Waals surface area contributed by atoms with Crippen LogP contribution in [0.15, 0.2) is 66.3 Å². The summed E-state index contributed by atoms with van der Waals surface area (Å²) in [5.74, 6) is -0.0959. The van der Waals surface area contributed by atoms with Crippen LogP contribution in [0, 0.1) is 13.8 Å². The van der Waals surface area contributed by atoms with Gasteiger partial charge in [-0.1, -0.05) is 32.9 Å². The summed E-state index contributed by atoms with van der Waals surface area (Å²) in [5.41, 5.74) is 8.20. The van der Waals surface area contributed by atoms with Crippen LogP contribution in [0.2, 0.25) is 0 Å². The van der Waals surface area contributed by atoms with Crippen LogP contribution < -0.4 is 5.32 Å². The van der Waals surface area contributed by atoms with E-state index in [0.717, 1.165) is 39.5 Å². The van der Waals surface area contributed by atoms with Gasteiger partial charge in [0.1, 0.15) is 0 Å². The van der Waals surface area contributed by atoms with Gasteiger partial charge in [-0.05, 0) is 77.9 Å². The van der Waals surface area contributed by atoms with E-state index in [1.807, 2.05) is 36.5 Å². The van der Waals surface area contributed by atoms with Gasteiger partial charge in [-0.15, -0.1) is 11.3 Å². The van der Waals surface area contributed by atoms with Crippen LogP contribution in [0.4, 0.5) is 5.69 Å². The number of aromatic nitrogens is 2. The Kier molecular flexibility index (Phi) is 6.43. The Morgan fingerprint density at radius 3 is 2.55 bits per heavy atom. The lowest BCUT2D eigenvalue weighted by molar-refractivity contribution is 0.102. The fourth-order valence-electron chi connectivity index (χ4n) is 3.99. The number of rotatable bonds is 5. The first-order valence-electron chi connectivity index (χ1n) is 11.1. The topological polar surface area (TPSA) is 54.9 Å². The number of hydrogen-bond acceptors (Lipinski definition) is 4. The molecule has 0 saturated heterocycles. The van der Waals surface area contributed by atoms with Gasteiger partial charge in [0.05, 0.1) is 10.7 Å². The Morgan fingerprint density at radius 2 is 1.85 bits per heavy atom. The number of anilines is 1. The Hall–Kier alpha value is -3.31. The van der Waals surface area contributed by atoms with Crippen molar-refractivity contribution in [2.24, 2.45) is 0 Å². The van der Waals surface area contributed by atoms with Crippen LogP contribution in [0.3, 0.4) is 0 Å². The second-order valence-electron chi connectivity index (χ2n) is 9.42. The third-order valence-corrected chi connectivity index (χ3v) is 6.60. The zero-order valence-electron chi connectivity index (χ0n) is 19.8. The van der Waals surface area contributed by atoms with E-state index in [-0.39, 0.29) is 11.3 Å². The second kappa shape index (κ2) is 9.28. The molecule has 2 aromatic carbocycles. The number of hydrogen-bond donors (Lipinski definition) is 1. The van der Waals surface area contributed by atoms with Crippen LogP contribution in [-0.2, 0) is 11.8 Å². The summed E-state index contributed by atoms with van der Waals surface area (Å²) in [6, 6.07) is 15.9. The summed E-state index contributed by atoms with van der Waals surface area (Å²) in [5, 5.41) is 6.17. The molecule has 0 bridgehead atoms. The van der Waals surface area contributed by atoms with Gasteiger partial charge < -0.3 is 5.32 Å². The molecule has 0 atom stereocenters. The van der Waals surface area contributed by atoms with Gasteiger partial charge in [-0.25, -0.2) is 4.98 Å². The number of benzene rings is 2. The third-order valence-electron chi connectivity index (χ3n) is 5.75. The van der Waals surface area contributed by atoms with E-state index in [9.17, 15) is 4.79 Å². The highest BCUT2D eigenvalue weighted by Crippen LogP contribution is 2.27. The first kappa shape index (κ1) is 22.9. The Balaban J connectivity index is 1.50. The number of aryl methyl sites for hydroxylation is 2. The summed E-state index contributed by atoms with van der Waals surface area (Å²) in [7, 11) is 0. The summed E-state index contributed by atoms with van der Waals surface area (Å²) >= 11 is 1.64. The highest BCUT2D eigenvalue weighted by atomic mass is 32.1. The van der Waals surface area contributed by atoms with Crippen molar-refractivity contribution < 1.29 is 4.79 Å². The van der Waals surface area contributed by atoms with Crippen molar-refractivity contribution in [2.45, 2.75) is 46.5 Å². The van der Waals surface area contributed by atoms with Crippen LogP contribution in [0.5, 0.6) is 0 Å². The molecule has 0 fully saturated rings. The molecule has 4 aromatic rings. The average molecular weight is 456 g/mol. The fraction of sp³-hybridized carbons (Fsp3) is 0.250. The minimum absolute atomic E-state index is 0.0532. The molecule has 0 unspecified atom stereocenters. The maximum Gasteiger partial charge on any atom is 0.255 e. The SMILES string of the molecule is Cc1ccc(NC(=O)c2ccc(C(C)(C)C)c(C)c2)cc1Cc1nc(-c2cccnc2)cs1. The van der Waals surface area contributed by atoms with Crippen molar-refractivity contribution in [3.63, 3.8) is 0 Å². The largest absolute Gasteiger partial charge is 0.322 e. The normalized spacial score (nSPS) is 11.4. The van der Waals surface area contributed by atoms with Crippen LogP contribution in [-0.4, -0.2) is 15.9 Å². The predicted octanol–water partition coefficient (Wildman–Crippen LogP) is 6.96. The molecule has 1 amide bonds. The molecule has 4 rings (SSSR count). The van der Waals surface area contributed by atoms with Crippen molar-refractivity contribution in [1.82, 2.24) is 9.97 Å². The molecule has 0 radical (unpaired) electrons. The smallest absolute Gasteiger partial charge is 0.255 e. The molecule has 0 saturated carbocycles. The molecule has 4 nitrogen and oxygen atoms in total. The molecule has 2 heterocycles. The van der Waals surface area contributed by atoms with E-state index in [0.29, 0.717) is 5.56 Å². The van der Waals surface area contributed by atoms with Crippen molar-refractivity contribution in [3.05, 3.63) is 99.1 Å². The molecular formula is C28H29N3OS. The molecule has 0 aliphatic carbocycles. The quantitative estimate of drug-likeness (QED) is 0.354. The number of nitrogens with zero attached hydrogens (tertiary/aromatic N) is 2. The van der Waals surface area contributed by atoms with E-state index in [1.54, 1.807) is 17.5 Å². The van der Waals surface area contributed by atoms with Gasteiger partial charge in [0, 0.05) is 41.0 Å². The zero-order valence-corrected chi connectivity index (χ0v) is 20.6. The number of nitrogens with one attached hydrogen (secondary N) is 1. The van der Waals surface area contributed by atoms with Gasteiger partial charge in [0.2, 0.25) is 0 Å². The van der Waals surface area contributed by atoms with E-state index in [2.05, 4.69) is 68.5 Å². The maximum absolute atomic E-state index is 12.9. The molecule has 1 N–H and O–H groups in total. The molecule has 2 aromatic heterocycles. The number of pyridine rings is 1. The monoisotopic (exact) mass is 455 g/mol. The molecule has 0 aliphatic heterocycles. The van der Waals surface area contributed by atoms with Crippen molar-refractivity contribution >= 4 is 22.9 Å². The van der Waals surface area contributed by atoms with Crippen LogP contribution >= 0.6 is 11.3 Å². The number of carbonyl (C=O) groups excluding carboxylic acids is 1. The van der Waals surface area contributed by atoms with Crippen LogP contribution in [0.1, 0.15) is 58.4 Å². The fourth-order valence-corrected chi connectivity index (χ4v) is 4.82. The van der Waals surface area contributed by atoms with Gasteiger partial charge >= 0.3 is 0 Å². The average Bonchev–Trinajstić information content (AvgIpc) is 3.24. The standard InChI is InChI=1S/C28H29N3OS/c1-18-8-10-23(30-27(32)20-9-11-24(19(2)13-20)28(3,4)5)14-22(18)15-26-31-25(17-33-26)21-7-6-12-29-16-21/h6-14,16-17H,15H2,1-5H3,(H,30,32). The number of amides is 1. The minimum atomic E-state index is -0.0959. The highest BCUT2D eigenvalue weighted by molar-refractivity contribution is 7.10. The molecule has 0 spiro atoms. The lowest BCUT2D eigenvalue weighted by Gasteiger charge is -2.22. The van der Waals surface area contributed by atoms with Gasteiger partial charge in [0.15, 0.2) is 0 Å². The minimum Gasteiger partial charge on any atom is -0.322 e. The lowest BCUT2D eigenvalue weighted by Crippen LogP contribution is -2.16. The first-order valence-corrected chi connectivity index (χ1v) is 12.0. The van der Waals surface area contributed by atoms with Gasteiger partial charge in [0.25, 0.3) is 5.91 Å². The Bertz CT molecular complexity index is 1290. The van der Waals surface area contributed by atoms with Gasteiger partial charge in [-0.3, -0.25) is 9.78 Å². The maximum atomic E-state index is 12.9. The summed E-state index contributed by atoms with van der Waals surface area (Å²) in [4.78, 5) is 21.9. The third kappa shape index (κ3) is 5.37. The lowest BCUT2D eigenvalue weighted by atomic mass is 9.83. The van der Waals surface area contributed by atoms with E-state index >= 15 is 0 Å².